The van der Waals surface area contributed by atoms with Crippen LogP contribution >= 0.6 is 9.24 Å². The third kappa shape index (κ3) is 1.32. The van der Waals surface area contributed by atoms with Crippen molar-refractivity contribution in [1.82, 2.24) is 0 Å². The summed E-state index contributed by atoms with van der Waals surface area (Å²) >= 11 is 0. The molecule has 0 aromatic carbocycles. The van der Waals surface area contributed by atoms with Crippen LogP contribution in [0.5, 0.6) is 0 Å². The SMILES string of the molecule is CCCC(P)C1CC2(C)CCC3(CC3C)C12. The Balaban J connectivity index is 1.76. The molecule has 3 aliphatic carbocycles. The Bertz CT molecular complexity index is 300. The predicted octanol–water partition coefficient (Wildman–Crippen LogP) is 4.49. The van der Waals surface area contributed by atoms with E-state index in [0.29, 0.717) is 0 Å². The van der Waals surface area contributed by atoms with Crippen molar-refractivity contribution in [3.8, 4) is 0 Å². The van der Waals surface area contributed by atoms with Crippen LogP contribution in [0.4, 0.5) is 0 Å². The van der Waals surface area contributed by atoms with Gasteiger partial charge in [0.1, 0.15) is 0 Å². The summed E-state index contributed by atoms with van der Waals surface area (Å²) in [5.41, 5.74) is 2.48. The molecule has 0 bridgehead atoms. The van der Waals surface area contributed by atoms with E-state index in [1.54, 1.807) is 12.8 Å². The van der Waals surface area contributed by atoms with Gasteiger partial charge in [0.15, 0.2) is 0 Å². The van der Waals surface area contributed by atoms with Gasteiger partial charge in [-0.3, -0.25) is 0 Å². The van der Waals surface area contributed by atoms with Gasteiger partial charge in [-0.1, -0.05) is 27.2 Å². The smallest absolute Gasteiger partial charge is 0.0232 e. The van der Waals surface area contributed by atoms with E-state index in [4.69, 9.17) is 0 Å². The lowest BCUT2D eigenvalue weighted by Gasteiger charge is -2.55. The Kier molecular flexibility index (Phi) is 2.50. The van der Waals surface area contributed by atoms with Crippen molar-refractivity contribution in [3.63, 3.8) is 0 Å². The van der Waals surface area contributed by atoms with Crippen LogP contribution in [0.3, 0.4) is 0 Å². The first-order valence-electron chi connectivity index (χ1n) is 7.29. The lowest BCUT2D eigenvalue weighted by Crippen LogP contribution is -2.49. The summed E-state index contributed by atoms with van der Waals surface area (Å²) in [5, 5.41) is 0. The van der Waals surface area contributed by atoms with Gasteiger partial charge < -0.3 is 0 Å². The van der Waals surface area contributed by atoms with Gasteiger partial charge in [-0.2, -0.15) is 0 Å². The maximum atomic E-state index is 3.17. The standard InChI is InChI=1S/C15H27P/c1-4-5-12(16)11-9-14(3)6-7-15(13(11)14)8-10(15)2/h10-13H,4-9,16H2,1-3H3. The first kappa shape index (κ1) is 11.5. The quantitative estimate of drug-likeness (QED) is 0.635. The van der Waals surface area contributed by atoms with Crippen LogP contribution in [0.25, 0.3) is 0 Å². The molecule has 3 rings (SSSR count). The van der Waals surface area contributed by atoms with Crippen LogP contribution in [0.1, 0.15) is 59.3 Å². The molecule has 0 nitrogen and oxygen atoms in total. The second-order valence-electron chi connectivity index (χ2n) is 7.29. The highest BCUT2D eigenvalue weighted by Crippen LogP contribution is 2.79. The van der Waals surface area contributed by atoms with Gasteiger partial charge >= 0.3 is 0 Å². The Labute approximate surface area is 103 Å². The average Bonchev–Trinajstić information content (AvgIpc) is 2.77. The maximum absolute atomic E-state index is 3.17. The summed E-state index contributed by atoms with van der Waals surface area (Å²) in [6, 6.07) is 0. The van der Waals surface area contributed by atoms with E-state index in [-0.39, 0.29) is 0 Å². The monoisotopic (exact) mass is 238 g/mol. The second kappa shape index (κ2) is 3.47. The molecule has 0 amide bonds. The zero-order valence-corrected chi connectivity index (χ0v) is 12.3. The molecule has 3 saturated carbocycles. The molecule has 0 heterocycles. The fourth-order valence-electron chi connectivity index (χ4n) is 5.43. The number of rotatable bonds is 3. The minimum Gasteiger partial charge on any atom is -0.134 e. The van der Waals surface area contributed by atoms with Crippen molar-refractivity contribution >= 4 is 9.24 Å². The van der Waals surface area contributed by atoms with Gasteiger partial charge in [0.25, 0.3) is 0 Å². The Morgan fingerprint density at radius 3 is 2.56 bits per heavy atom. The van der Waals surface area contributed by atoms with Crippen LogP contribution in [-0.4, -0.2) is 5.66 Å². The summed E-state index contributed by atoms with van der Waals surface area (Å²) in [6.07, 6.45) is 8.94. The van der Waals surface area contributed by atoms with Gasteiger partial charge in [-0.05, 0) is 66.3 Å². The number of fused-ring (bicyclic) bond motifs is 2. The highest BCUT2D eigenvalue weighted by atomic mass is 31.0. The number of hydrogen-bond acceptors (Lipinski definition) is 0. The lowest BCUT2D eigenvalue weighted by atomic mass is 9.52. The highest BCUT2D eigenvalue weighted by Gasteiger charge is 2.71. The van der Waals surface area contributed by atoms with Gasteiger partial charge in [0.05, 0.1) is 0 Å². The fraction of sp³-hybridized carbons (Fsp3) is 1.00. The Hall–Kier alpha value is 0.430. The molecule has 0 saturated heterocycles. The van der Waals surface area contributed by atoms with Crippen LogP contribution in [-0.2, 0) is 0 Å². The molecule has 7 unspecified atom stereocenters. The molecule has 0 aromatic heterocycles. The fourth-order valence-corrected chi connectivity index (χ4v) is 6.12. The van der Waals surface area contributed by atoms with Crippen LogP contribution in [0, 0.1) is 28.6 Å². The first-order valence-corrected chi connectivity index (χ1v) is 7.96. The maximum Gasteiger partial charge on any atom is -0.0232 e. The van der Waals surface area contributed by atoms with Crippen LogP contribution in [0.15, 0.2) is 0 Å². The van der Waals surface area contributed by atoms with Crippen molar-refractivity contribution < 1.29 is 0 Å². The van der Waals surface area contributed by atoms with Crippen molar-refractivity contribution in [2.75, 3.05) is 0 Å². The van der Waals surface area contributed by atoms with E-state index >= 15 is 0 Å². The van der Waals surface area contributed by atoms with Crippen molar-refractivity contribution in [2.24, 2.45) is 28.6 Å². The minimum atomic E-state index is 0.748. The first-order chi connectivity index (χ1) is 7.53. The summed E-state index contributed by atoms with van der Waals surface area (Å²) in [5.74, 6) is 3.17. The molecule has 92 valence electrons. The molecule has 0 N–H and O–H groups in total. The number of hydrogen-bond donors (Lipinski definition) is 0. The van der Waals surface area contributed by atoms with Gasteiger partial charge in [-0.25, -0.2) is 0 Å². The van der Waals surface area contributed by atoms with Crippen molar-refractivity contribution in [2.45, 2.75) is 65.0 Å². The van der Waals surface area contributed by atoms with Crippen molar-refractivity contribution in [3.05, 3.63) is 0 Å². The summed E-state index contributed by atoms with van der Waals surface area (Å²) < 4.78 is 0. The molecule has 3 fully saturated rings. The molecule has 7 atom stereocenters. The predicted molar refractivity (Wildman–Crippen MR) is 73.6 cm³/mol. The van der Waals surface area contributed by atoms with E-state index in [0.717, 1.165) is 34.2 Å². The van der Waals surface area contributed by atoms with E-state index in [1.807, 2.05) is 0 Å². The third-order valence-corrected chi connectivity index (χ3v) is 7.17. The lowest BCUT2D eigenvalue weighted by molar-refractivity contribution is -0.0353. The largest absolute Gasteiger partial charge is 0.134 e. The summed E-state index contributed by atoms with van der Waals surface area (Å²) in [4.78, 5) is 0. The van der Waals surface area contributed by atoms with E-state index in [9.17, 15) is 0 Å². The van der Waals surface area contributed by atoms with Gasteiger partial charge in [-0.15, -0.1) is 9.24 Å². The second-order valence-corrected chi connectivity index (χ2v) is 8.15. The van der Waals surface area contributed by atoms with E-state index in [2.05, 4.69) is 30.0 Å². The van der Waals surface area contributed by atoms with Gasteiger partial charge in [0, 0.05) is 0 Å². The third-order valence-electron chi connectivity index (χ3n) is 6.34. The molecule has 0 aromatic rings. The molecule has 0 aliphatic heterocycles. The van der Waals surface area contributed by atoms with Crippen molar-refractivity contribution in [1.29, 1.82) is 0 Å². The molecule has 3 aliphatic rings. The zero-order chi connectivity index (χ0) is 11.6. The molecular weight excluding hydrogens is 211 g/mol. The van der Waals surface area contributed by atoms with E-state index in [1.165, 1.54) is 25.7 Å². The Morgan fingerprint density at radius 1 is 1.31 bits per heavy atom. The topological polar surface area (TPSA) is 0 Å². The molecule has 1 heteroatoms. The average molecular weight is 238 g/mol. The Morgan fingerprint density at radius 2 is 2.00 bits per heavy atom. The summed E-state index contributed by atoms with van der Waals surface area (Å²) in [7, 11) is 3.17. The van der Waals surface area contributed by atoms with Crippen LogP contribution in [0.2, 0.25) is 0 Å². The molecular formula is C15H27P. The molecule has 0 radical (unpaired) electrons. The molecule has 16 heavy (non-hydrogen) atoms. The normalized spacial score (nSPS) is 55.9. The highest BCUT2D eigenvalue weighted by molar-refractivity contribution is 7.17. The van der Waals surface area contributed by atoms with Crippen LogP contribution < -0.4 is 0 Å². The summed E-state index contributed by atoms with van der Waals surface area (Å²) in [6.45, 7) is 7.41. The van der Waals surface area contributed by atoms with E-state index < -0.39 is 0 Å². The zero-order valence-electron chi connectivity index (χ0n) is 11.1. The molecule has 1 spiro atoms. The minimum absolute atomic E-state index is 0.748. The van der Waals surface area contributed by atoms with Gasteiger partial charge in [0.2, 0.25) is 0 Å².